The SMILES string of the molecule is O=C1c2[nH]ncc2C2c3ccccc3C1N2S(=O)(=O)c1ccc(C(F)(F)F)cc1.O=S(=O)(c1ccc(C(F)(F)F)cc1)N1C2Cc3[nH]ncc3C1c1ccccc12.O=S(=O)(c1ccc(C(F)(F)F)cc1)N1C2c3ccccc3C1C(F)(F)c1[nH]ncc12.O=S(=O)(c1ccc(C(F)(F)F)cc1)N1C2c3ccccc3C1C(F)c1[nH]ncc12.O=S(=O)(c1ccc(C(F)(F)F)cc1)N1C2c3ccccc3C1C(O)c1[nH]ncc12.[B].[H-].[Na+]. The maximum absolute atomic E-state index is 15.4. The number of hydrogen-bond acceptors (Lipinski definition) is 17. The van der Waals surface area contributed by atoms with Crippen molar-refractivity contribution in [3.63, 3.8) is 0 Å². The van der Waals surface area contributed by atoms with Crippen molar-refractivity contribution in [2.24, 2.45) is 0 Å². The molecule has 3 radical (unpaired) electrons. The minimum atomic E-state index is -4.65. The van der Waals surface area contributed by atoms with Crippen LogP contribution in [0.25, 0.3) is 0 Å². The number of rotatable bonds is 10. The van der Waals surface area contributed by atoms with Crippen molar-refractivity contribution in [3.05, 3.63) is 413 Å². The van der Waals surface area contributed by atoms with Crippen LogP contribution in [0.5, 0.6) is 0 Å². The normalized spacial score (nSPS) is 22.2. The molecule has 15 aromatic rings. The average Bonchev–Trinajstić information content (AvgIpc) is 1.53. The van der Waals surface area contributed by atoms with Gasteiger partial charge in [-0.1, -0.05) is 121 Å². The van der Waals surface area contributed by atoms with E-state index >= 15 is 13.2 Å². The van der Waals surface area contributed by atoms with Crippen molar-refractivity contribution in [2.75, 3.05) is 0 Å². The third-order valence-corrected chi connectivity index (χ3v) is 36.4. The molecule has 0 saturated heterocycles. The molecule has 27 nitrogen and oxygen atoms in total. The summed E-state index contributed by atoms with van der Waals surface area (Å²) in [5, 5.41) is 43.5. The number of fused-ring (bicyclic) bond motifs is 35. The van der Waals surface area contributed by atoms with E-state index in [1.807, 2.05) is 24.3 Å². The summed E-state index contributed by atoms with van der Waals surface area (Å²) in [6.07, 6.45) is -18.3. The molecule has 753 valence electrons. The Labute approximate surface area is 846 Å². The Balaban J connectivity index is 0.000000120. The molecular formula is C95H66BF18N15NaO12S5. The monoisotopic (exact) mass is 2140 g/mol. The maximum Gasteiger partial charge on any atom is 1.00 e. The number of nitrogens with zero attached hydrogens (tertiary/aromatic N) is 10. The molecule has 6 N–H and O–H groups in total. The summed E-state index contributed by atoms with van der Waals surface area (Å²) in [6.45, 7) is 0. The number of aliphatic hydroxyl groups excluding tert-OH is 1. The second-order valence-electron chi connectivity index (χ2n) is 34.9. The molecule has 0 aliphatic carbocycles. The van der Waals surface area contributed by atoms with Crippen LogP contribution < -0.4 is 29.6 Å². The van der Waals surface area contributed by atoms with Crippen LogP contribution in [0.15, 0.2) is 298 Å². The van der Waals surface area contributed by atoms with Crippen LogP contribution in [-0.2, 0) is 93.3 Å². The molecule has 15 heterocycles. The molecule has 0 fully saturated rings. The van der Waals surface area contributed by atoms with Gasteiger partial charge in [0, 0.05) is 48.3 Å². The molecule has 10 aliphatic heterocycles. The number of benzene rings is 10. The molecule has 147 heavy (non-hydrogen) atoms. The summed E-state index contributed by atoms with van der Waals surface area (Å²) < 4.78 is 378. The van der Waals surface area contributed by atoms with E-state index in [1.54, 1.807) is 91.1 Å². The van der Waals surface area contributed by atoms with Crippen molar-refractivity contribution in [1.82, 2.24) is 72.5 Å². The number of alkyl halides is 18. The Morgan fingerprint density at radius 2 is 0.599 bits per heavy atom. The predicted octanol–water partition coefficient (Wildman–Crippen LogP) is 16.0. The topological polar surface area (TPSA) is 368 Å². The van der Waals surface area contributed by atoms with Crippen LogP contribution in [0.4, 0.5) is 79.0 Å². The summed E-state index contributed by atoms with van der Waals surface area (Å²) in [4.78, 5) is 11.5. The van der Waals surface area contributed by atoms with E-state index in [9.17, 15) is 118 Å². The van der Waals surface area contributed by atoms with Crippen LogP contribution in [0, 0.1) is 0 Å². The van der Waals surface area contributed by atoms with Crippen molar-refractivity contribution < 1.29 is 162 Å². The standard InChI is InChI=1S/C19H12F5N3O2S.C19H13F4N3O2S.C19H14F3N3O3S.C19H12F3N3O3S.C19H14F3N3O2S.B.Na.H/c20-18(21)16-14(9-25-26-16)15-12-3-1-2-4-13(12)17(18)27(15)30(28,29)11-7-5-10(6-8-11)19(22,23)24;20-15-16-14(9-24-25-16)17-12-3-1-2-4-13(12)18(15)26(17)29(27,28)11-7-5-10(6-8-11)19(21,22)23;2*20-19(21,22)10-5-7-11(8-6-10)29(27,28)25-16-12-3-1-2-4-13(12)17(25)18(26)15-14(16)9-23-24-15;20-19(21,22)11-5-7-12(8-6-11)28(26,27)25-17-9-16-15(10-23-24-16)18(25)14-4-2-1-3-13(14)17;;;/h1-9,15,17H,(H,25,26);1-9,15,17-18H,(H,24,25);1-9,16-18,26H,(H,23,24);1-9,16-17H,(H,23,24);1-8,10,17-18H,9H2,(H,23,24);;;/q;;;;;;+1;-1. The number of halogens is 18. The number of aliphatic hydroxyl groups is 1. The van der Waals surface area contributed by atoms with Gasteiger partial charge in [0.15, 0.2) is 6.17 Å². The number of Topliss-reactive ketones (excluding diaryl/α,β-unsaturated/α-hetero) is 1. The Kier molecular flexibility index (Phi) is 25.4. The average molecular weight is 2150 g/mol. The smallest absolute Gasteiger partial charge is 1.00 e. The van der Waals surface area contributed by atoms with Crippen LogP contribution in [0.3, 0.4) is 0 Å². The first-order valence-corrected chi connectivity index (χ1v) is 50.5. The Hall–Kier alpha value is -12.8. The molecule has 10 bridgehead atoms. The quantitative estimate of drug-likeness (QED) is 0.0547. The fraction of sp³-hybridized carbons (Fsp3) is 0.200. The number of hydrogen-bond donors (Lipinski definition) is 6. The van der Waals surface area contributed by atoms with Gasteiger partial charge >= 0.3 is 66.4 Å². The van der Waals surface area contributed by atoms with Crippen LogP contribution >= 0.6 is 0 Å². The second kappa shape index (κ2) is 36.3. The molecule has 52 heteroatoms. The van der Waals surface area contributed by atoms with Gasteiger partial charge in [-0.05, 0) is 177 Å². The number of carbonyl (C=O) groups is 1. The third-order valence-electron chi connectivity index (χ3n) is 27.1. The number of ketones is 1. The van der Waals surface area contributed by atoms with E-state index < -0.39 is 204 Å². The fourth-order valence-corrected chi connectivity index (χ4v) is 29.6. The van der Waals surface area contributed by atoms with Gasteiger partial charge in [-0.2, -0.15) is 122 Å². The number of carbonyl (C=O) groups excluding carboxylic acids is 1. The largest absolute Gasteiger partial charge is 1.00 e. The molecule has 10 aliphatic rings. The molecule has 0 spiro atoms. The van der Waals surface area contributed by atoms with E-state index in [1.165, 1.54) is 39.3 Å². The first kappa shape index (κ1) is 103. The van der Waals surface area contributed by atoms with Gasteiger partial charge in [-0.15, -0.1) is 0 Å². The van der Waals surface area contributed by atoms with Crippen molar-refractivity contribution in [3.8, 4) is 0 Å². The molecule has 25 rings (SSSR count). The molecule has 0 saturated carbocycles. The minimum absolute atomic E-state index is 0. The zero-order valence-corrected chi connectivity index (χ0v) is 80.5. The summed E-state index contributed by atoms with van der Waals surface area (Å²) in [5.41, 5.74) is 4.77. The van der Waals surface area contributed by atoms with E-state index in [-0.39, 0.29) is 81.5 Å². The zero-order chi connectivity index (χ0) is 103. The van der Waals surface area contributed by atoms with E-state index in [0.29, 0.717) is 96.3 Å². The van der Waals surface area contributed by atoms with Crippen molar-refractivity contribution in [2.45, 2.75) is 140 Å². The van der Waals surface area contributed by atoms with Crippen LogP contribution in [0.2, 0.25) is 0 Å². The number of aromatic amines is 5. The van der Waals surface area contributed by atoms with E-state index in [4.69, 9.17) is 0 Å². The van der Waals surface area contributed by atoms with Gasteiger partial charge in [0.25, 0.3) is 0 Å². The van der Waals surface area contributed by atoms with Gasteiger partial charge in [0.2, 0.25) is 55.9 Å². The minimum Gasteiger partial charge on any atom is -1.00 e. The Morgan fingerprint density at radius 1 is 0.313 bits per heavy atom. The molecule has 10 aromatic carbocycles. The predicted molar refractivity (Wildman–Crippen MR) is 478 cm³/mol. The summed E-state index contributed by atoms with van der Waals surface area (Å²) in [7, 11) is -21.4. The van der Waals surface area contributed by atoms with E-state index in [0.717, 1.165) is 134 Å². The summed E-state index contributed by atoms with van der Waals surface area (Å²) in [6, 6.07) is 41.4. The number of nitrogens with one attached hydrogen (secondary N) is 5. The molecule has 12 unspecified atom stereocenters. The Bertz CT molecular complexity index is 8150. The van der Waals surface area contributed by atoms with Gasteiger partial charge in [-0.3, -0.25) is 30.3 Å². The Morgan fingerprint density at radius 3 is 1.03 bits per heavy atom. The van der Waals surface area contributed by atoms with Gasteiger partial charge < -0.3 is 6.53 Å². The van der Waals surface area contributed by atoms with Crippen molar-refractivity contribution in [1.29, 1.82) is 0 Å². The number of sulfonamides is 5. The first-order chi connectivity index (χ1) is 68.5. The molecule has 0 amide bonds. The molecule has 5 aromatic heterocycles. The van der Waals surface area contributed by atoms with E-state index in [2.05, 4.69) is 51.0 Å². The molecular weight excluding hydrogens is 2080 g/mol. The summed E-state index contributed by atoms with van der Waals surface area (Å²) in [5.74, 6) is -4.07. The maximum atomic E-state index is 15.4. The number of aromatic nitrogens is 10. The number of H-pyrrole nitrogens is 5. The van der Waals surface area contributed by atoms with Crippen molar-refractivity contribution >= 4 is 64.3 Å². The zero-order valence-electron chi connectivity index (χ0n) is 75.4. The summed E-state index contributed by atoms with van der Waals surface area (Å²) >= 11 is 0. The van der Waals surface area contributed by atoms with Crippen LogP contribution in [0.1, 0.15) is 219 Å². The third kappa shape index (κ3) is 16.6. The van der Waals surface area contributed by atoms with Gasteiger partial charge in [0.1, 0.15) is 29.6 Å². The van der Waals surface area contributed by atoms with Crippen LogP contribution in [-0.4, -0.2) is 134 Å². The second-order valence-corrected chi connectivity index (χ2v) is 44.1. The van der Waals surface area contributed by atoms with Gasteiger partial charge in [-0.25, -0.2) is 46.5 Å². The first-order valence-electron chi connectivity index (χ1n) is 43.3. The fourth-order valence-electron chi connectivity index (χ4n) is 20.8. The molecule has 12 atom stereocenters. The van der Waals surface area contributed by atoms with Gasteiger partial charge in [0.05, 0.1) is 143 Å².